The van der Waals surface area contributed by atoms with Crippen LogP contribution in [-0.4, -0.2) is 18.4 Å². The van der Waals surface area contributed by atoms with Gasteiger partial charge in [-0.05, 0) is 54.3 Å². The molecule has 0 aliphatic carbocycles. The van der Waals surface area contributed by atoms with Gasteiger partial charge in [0.1, 0.15) is 0 Å². The van der Waals surface area contributed by atoms with Crippen LogP contribution in [-0.2, 0) is 12.8 Å². The van der Waals surface area contributed by atoms with Crippen LogP contribution < -0.4 is 10.6 Å². The maximum absolute atomic E-state index is 12.5. The molecule has 3 aromatic rings. The number of carbonyl (C=O) groups is 2. The van der Waals surface area contributed by atoms with Gasteiger partial charge in [0.15, 0.2) is 0 Å². The van der Waals surface area contributed by atoms with Gasteiger partial charge in [-0.25, -0.2) is 0 Å². The van der Waals surface area contributed by atoms with E-state index in [0.29, 0.717) is 17.7 Å². The van der Waals surface area contributed by atoms with E-state index in [0.717, 1.165) is 24.1 Å². The third-order valence-corrected chi connectivity index (χ3v) is 4.60. The van der Waals surface area contributed by atoms with E-state index in [1.54, 1.807) is 24.3 Å². The minimum absolute atomic E-state index is 0.140. The van der Waals surface area contributed by atoms with Crippen LogP contribution in [0.25, 0.3) is 0 Å². The molecule has 4 nitrogen and oxygen atoms in total. The number of rotatable bonds is 7. The van der Waals surface area contributed by atoms with Crippen molar-refractivity contribution in [3.63, 3.8) is 0 Å². The Balaban J connectivity index is 1.56. The number of para-hydroxylation sites is 1. The second kappa shape index (κ2) is 9.51. The quantitative estimate of drug-likeness (QED) is 0.643. The van der Waals surface area contributed by atoms with Crippen LogP contribution in [0.5, 0.6) is 0 Å². The molecule has 0 bridgehead atoms. The van der Waals surface area contributed by atoms with Crippen LogP contribution in [0.15, 0.2) is 78.9 Å². The summed E-state index contributed by atoms with van der Waals surface area (Å²) in [6.07, 6.45) is 1.63. The van der Waals surface area contributed by atoms with E-state index in [1.165, 1.54) is 5.56 Å². The maximum Gasteiger partial charge on any atom is 0.255 e. The number of carbonyl (C=O) groups excluding carboxylic acids is 2. The summed E-state index contributed by atoms with van der Waals surface area (Å²) in [6.45, 7) is 2.62. The van der Waals surface area contributed by atoms with Gasteiger partial charge in [-0.2, -0.15) is 0 Å². The highest BCUT2D eigenvalue weighted by Gasteiger charge is 2.10. The number of anilines is 1. The van der Waals surface area contributed by atoms with E-state index in [2.05, 4.69) is 17.6 Å². The van der Waals surface area contributed by atoms with Crippen LogP contribution in [0.1, 0.15) is 38.8 Å². The molecule has 3 rings (SSSR count). The molecule has 4 heteroatoms. The summed E-state index contributed by atoms with van der Waals surface area (Å²) in [7, 11) is 0. The van der Waals surface area contributed by atoms with Gasteiger partial charge >= 0.3 is 0 Å². The molecule has 142 valence electrons. The topological polar surface area (TPSA) is 58.2 Å². The predicted octanol–water partition coefficient (Wildman–Crippen LogP) is 4.47. The molecule has 0 atom stereocenters. The van der Waals surface area contributed by atoms with Gasteiger partial charge in [-0.3, -0.25) is 9.59 Å². The molecule has 0 fully saturated rings. The van der Waals surface area contributed by atoms with Crippen molar-refractivity contribution in [2.45, 2.75) is 19.8 Å². The van der Waals surface area contributed by atoms with Gasteiger partial charge in [0.2, 0.25) is 0 Å². The number of benzene rings is 3. The molecule has 0 heterocycles. The molecule has 0 radical (unpaired) electrons. The van der Waals surface area contributed by atoms with Crippen molar-refractivity contribution in [1.29, 1.82) is 0 Å². The average Bonchev–Trinajstić information content (AvgIpc) is 2.75. The first kappa shape index (κ1) is 19.4. The summed E-state index contributed by atoms with van der Waals surface area (Å²) in [6, 6.07) is 24.5. The Kier molecular flexibility index (Phi) is 6.58. The molecule has 0 aromatic heterocycles. The zero-order valence-electron chi connectivity index (χ0n) is 15.9. The molecule has 0 saturated carbocycles. The van der Waals surface area contributed by atoms with Crippen molar-refractivity contribution in [3.8, 4) is 0 Å². The average molecular weight is 372 g/mol. The lowest BCUT2D eigenvalue weighted by atomic mass is 10.1. The van der Waals surface area contributed by atoms with Crippen LogP contribution >= 0.6 is 0 Å². The largest absolute Gasteiger partial charge is 0.352 e. The van der Waals surface area contributed by atoms with Crippen molar-refractivity contribution in [2.75, 3.05) is 11.9 Å². The molecule has 0 unspecified atom stereocenters. The molecular formula is C24H24N2O2. The van der Waals surface area contributed by atoms with Crippen molar-refractivity contribution in [1.82, 2.24) is 5.32 Å². The predicted molar refractivity (Wildman–Crippen MR) is 113 cm³/mol. The standard InChI is InChI=1S/C24H24N2O2/c1-2-19-10-6-7-11-22(19)26-24(28)21-14-12-20(13-15-21)23(27)25-17-16-18-8-4-3-5-9-18/h3-15H,2,16-17H2,1H3,(H,25,27)(H,26,28). The minimum atomic E-state index is -0.183. The maximum atomic E-state index is 12.5. The fraction of sp³-hybridized carbons (Fsp3) is 0.167. The van der Waals surface area contributed by atoms with Crippen molar-refractivity contribution < 1.29 is 9.59 Å². The summed E-state index contributed by atoms with van der Waals surface area (Å²) in [5, 5.41) is 5.85. The molecular weight excluding hydrogens is 348 g/mol. The smallest absolute Gasteiger partial charge is 0.255 e. The fourth-order valence-corrected chi connectivity index (χ4v) is 2.99. The lowest BCUT2D eigenvalue weighted by Gasteiger charge is -2.10. The molecule has 0 saturated heterocycles. The van der Waals surface area contributed by atoms with Gasteiger partial charge in [0.05, 0.1) is 0 Å². The number of aryl methyl sites for hydroxylation is 1. The summed E-state index contributed by atoms with van der Waals surface area (Å²) < 4.78 is 0. The van der Waals surface area contributed by atoms with Gasteiger partial charge < -0.3 is 10.6 Å². The number of hydrogen-bond acceptors (Lipinski definition) is 2. The van der Waals surface area contributed by atoms with Gasteiger partial charge in [0, 0.05) is 23.4 Å². The van der Waals surface area contributed by atoms with E-state index >= 15 is 0 Å². The highest BCUT2D eigenvalue weighted by atomic mass is 16.2. The van der Waals surface area contributed by atoms with E-state index in [1.807, 2.05) is 54.6 Å². The second-order valence-corrected chi connectivity index (χ2v) is 6.53. The van der Waals surface area contributed by atoms with Crippen molar-refractivity contribution in [3.05, 3.63) is 101 Å². The van der Waals surface area contributed by atoms with E-state index in [9.17, 15) is 9.59 Å². The van der Waals surface area contributed by atoms with Crippen LogP contribution in [0.4, 0.5) is 5.69 Å². The zero-order valence-corrected chi connectivity index (χ0v) is 15.9. The first-order valence-corrected chi connectivity index (χ1v) is 9.49. The van der Waals surface area contributed by atoms with Crippen LogP contribution in [0.3, 0.4) is 0 Å². The Bertz CT molecular complexity index is 934. The normalized spacial score (nSPS) is 10.3. The molecule has 2 N–H and O–H groups in total. The van der Waals surface area contributed by atoms with Crippen LogP contribution in [0.2, 0.25) is 0 Å². The molecule has 0 spiro atoms. The SMILES string of the molecule is CCc1ccccc1NC(=O)c1ccc(C(=O)NCCc2ccccc2)cc1. The van der Waals surface area contributed by atoms with Gasteiger partial charge in [-0.15, -0.1) is 0 Å². The highest BCUT2D eigenvalue weighted by molar-refractivity contribution is 6.05. The fourth-order valence-electron chi connectivity index (χ4n) is 2.99. The Hall–Kier alpha value is -3.40. The Morgan fingerprint density at radius 1 is 0.750 bits per heavy atom. The Labute approximate surface area is 165 Å². The lowest BCUT2D eigenvalue weighted by Crippen LogP contribution is -2.25. The van der Waals surface area contributed by atoms with E-state index < -0.39 is 0 Å². The van der Waals surface area contributed by atoms with E-state index in [-0.39, 0.29) is 11.8 Å². The first-order chi connectivity index (χ1) is 13.7. The summed E-state index contributed by atoms with van der Waals surface area (Å²) in [5.41, 5.74) is 4.15. The monoisotopic (exact) mass is 372 g/mol. The van der Waals surface area contributed by atoms with Crippen molar-refractivity contribution in [2.24, 2.45) is 0 Å². The third kappa shape index (κ3) is 5.07. The number of nitrogens with one attached hydrogen (secondary N) is 2. The minimum Gasteiger partial charge on any atom is -0.352 e. The molecule has 2 amide bonds. The van der Waals surface area contributed by atoms with E-state index in [4.69, 9.17) is 0 Å². The molecule has 3 aromatic carbocycles. The molecule has 0 aliphatic heterocycles. The molecule has 0 aliphatic rings. The van der Waals surface area contributed by atoms with Gasteiger partial charge in [-0.1, -0.05) is 55.5 Å². The summed E-state index contributed by atoms with van der Waals surface area (Å²) >= 11 is 0. The summed E-state index contributed by atoms with van der Waals surface area (Å²) in [4.78, 5) is 24.8. The third-order valence-electron chi connectivity index (χ3n) is 4.60. The lowest BCUT2D eigenvalue weighted by molar-refractivity contribution is 0.0952. The Morgan fingerprint density at radius 2 is 1.36 bits per heavy atom. The van der Waals surface area contributed by atoms with Gasteiger partial charge in [0.25, 0.3) is 11.8 Å². The molecule has 28 heavy (non-hydrogen) atoms. The highest BCUT2D eigenvalue weighted by Crippen LogP contribution is 2.17. The second-order valence-electron chi connectivity index (χ2n) is 6.53. The Morgan fingerprint density at radius 3 is 2.04 bits per heavy atom. The number of hydrogen-bond donors (Lipinski definition) is 2. The summed E-state index contributed by atoms with van der Waals surface area (Å²) in [5.74, 6) is -0.323. The van der Waals surface area contributed by atoms with Crippen LogP contribution in [0, 0.1) is 0 Å². The first-order valence-electron chi connectivity index (χ1n) is 9.49. The zero-order chi connectivity index (χ0) is 19.8. The number of amides is 2. The van der Waals surface area contributed by atoms with Crippen molar-refractivity contribution >= 4 is 17.5 Å².